The lowest BCUT2D eigenvalue weighted by Crippen LogP contribution is -2.32. The van der Waals surface area contributed by atoms with Crippen LogP contribution in [0.4, 0.5) is 0 Å². The van der Waals surface area contributed by atoms with Crippen LogP contribution in [0.15, 0.2) is 33.6 Å². The van der Waals surface area contributed by atoms with E-state index in [1.54, 1.807) is 18.2 Å². The Morgan fingerprint density at radius 2 is 1.94 bits per heavy atom. The molecule has 0 aliphatic carbocycles. The number of sulfonamides is 1. The zero-order chi connectivity index (χ0) is 11.8. The highest BCUT2D eigenvalue weighted by Gasteiger charge is 2.33. The summed E-state index contributed by atoms with van der Waals surface area (Å²) in [7, 11) is -3.68. The van der Waals surface area contributed by atoms with Crippen LogP contribution in [-0.2, 0) is 14.8 Å². The Morgan fingerprint density at radius 3 is 2.50 bits per heavy atom. The van der Waals surface area contributed by atoms with Crippen molar-refractivity contribution < 1.29 is 13.2 Å². The van der Waals surface area contributed by atoms with Gasteiger partial charge in [0.2, 0.25) is 5.91 Å². The Hall–Kier alpha value is -0.880. The van der Waals surface area contributed by atoms with Crippen molar-refractivity contribution in [3.05, 3.63) is 28.7 Å². The molecule has 1 aliphatic heterocycles. The van der Waals surface area contributed by atoms with Crippen molar-refractivity contribution in [3.63, 3.8) is 0 Å². The van der Waals surface area contributed by atoms with Gasteiger partial charge in [-0.3, -0.25) is 4.79 Å². The molecule has 1 saturated heterocycles. The van der Waals surface area contributed by atoms with Crippen molar-refractivity contribution in [2.24, 2.45) is 0 Å². The third-order valence-corrected chi connectivity index (χ3v) is 5.27. The number of hydrogen-bond acceptors (Lipinski definition) is 3. The molecule has 86 valence electrons. The van der Waals surface area contributed by atoms with Gasteiger partial charge in [0, 0.05) is 17.4 Å². The van der Waals surface area contributed by atoms with Crippen LogP contribution >= 0.6 is 15.9 Å². The Labute approximate surface area is 102 Å². The van der Waals surface area contributed by atoms with Gasteiger partial charge in [0.1, 0.15) is 4.90 Å². The van der Waals surface area contributed by atoms with Gasteiger partial charge in [-0.1, -0.05) is 12.1 Å². The summed E-state index contributed by atoms with van der Waals surface area (Å²) in [5.41, 5.74) is 0. The van der Waals surface area contributed by atoms with Crippen LogP contribution in [0.25, 0.3) is 0 Å². The van der Waals surface area contributed by atoms with Gasteiger partial charge >= 0.3 is 0 Å². The van der Waals surface area contributed by atoms with E-state index in [0.717, 1.165) is 4.31 Å². The van der Waals surface area contributed by atoms with Crippen LogP contribution in [0.2, 0.25) is 0 Å². The highest BCUT2D eigenvalue weighted by molar-refractivity contribution is 9.10. The highest BCUT2D eigenvalue weighted by atomic mass is 79.9. The van der Waals surface area contributed by atoms with Crippen molar-refractivity contribution in [2.45, 2.75) is 17.7 Å². The molecular weight excluding hydrogens is 294 g/mol. The number of carbonyl (C=O) groups is 1. The molecule has 0 atom stereocenters. The number of amides is 1. The minimum Gasteiger partial charge on any atom is -0.274 e. The molecule has 0 radical (unpaired) electrons. The van der Waals surface area contributed by atoms with E-state index in [2.05, 4.69) is 15.9 Å². The number of carbonyl (C=O) groups excluding carboxylic acids is 1. The van der Waals surface area contributed by atoms with Gasteiger partial charge < -0.3 is 0 Å². The average molecular weight is 304 g/mol. The lowest BCUT2D eigenvalue weighted by Gasteiger charge is -2.16. The first-order valence-corrected chi connectivity index (χ1v) is 7.07. The van der Waals surface area contributed by atoms with E-state index in [4.69, 9.17) is 0 Å². The van der Waals surface area contributed by atoms with Gasteiger partial charge in [0.25, 0.3) is 10.0 Å². The standard InChI is InChI=1S/C10H10BrNO3S/c11-8-4-1-2-5-9(8)16(14,15)12-7-3-6-10(12)13/h1-2,4-5H,3,6-7H2. The molecule has 0 aromatic heterocycles. The molecule has 0 unspecified atom stereocenters. The fraction of sp³-hybridized carbons (Fsp3) is 0.300. The molecule has 2 rings (SSSR count). The van der Waals surface area contributed by atoms with E-state index in [-0.39, 0.29) is 17.3 Å². The average Bonchev–Trinajstić information content (AvgIpc) is 2.65. The minimum absolute atomic E-state index is 0.144. The molecule has 1 fully saturated rings. The zero-order valence-electron chi connectivity index (χ0n) is 8.39. The van der Waals surface area contributed by atoms with Crippen LogP contribution in [0.1, 0.15) is 12.8 Å². The van der Waals surface area contributed by atoms with Crippen LogP contribution in [0, 0.1) is 0 Å². The van der Waals surface area contributed by atoms with E-state index in [1.165, 1.54) is 6.07 Å². The lowest BCUT2D eigenvalue weighted by atomic mass is 10.4. The maximum absolute atomic E-state index is 12.1. The zero-order valence-corrected chi connectivity index (χ0v) is 10.8. The van der Waals surface area contributed by atoms with Gasteiger partial charge in [-0.05, 0) is 34.5 Å². The first-order chi connectivity index (χ1) is 7.53. The number of rotatable bonds is 2. The first kappa shape index (κ1) is 11.6. The summed E-state index contributed by atoms with van der Waals surface area (Å²) in [4.78, 5) is 11.6. The maximum atomic E-state index is 12.1. The van der Waals surface area contributed by atoms with Crippen molar-refractivity contribution >= 4 is 31.9 Å². The molecule has 0 saturated carbocycles. The van der Waals surface area contributed by atoms with Crippen molar-refractivity contribution in [3.8, 4) is 0 Å². The lowest BCUT2D eigenvalue weighted by molar-refractivity contribution is -0.123. The van der Waals surface area contributed by atoms with Crippen LogP contribution in [0.3, 0.4) is 0 Å². The molecule has 1 amide bonds. The fourth-order valence-electron chi connectivity index (χ4n) is 1.65. The van der Waals surface area contributed by atoms with E-state index in [0.29, 0.717) is 17.3 Å². The largest absolute Gasteiger partial charge is 0.274 e. The fourth-order valence-corrected chi connectivity index (χ4v) is 4.08. The van der Waals surface area contributed by atoms with Crippen LogP contribution in [0.5, 0.6) is 0 Å². The second-order valence-electron chi connectivity index (χ2n) is 3.50. The van der Waals surface area contributed by atoms with Crippen LogP contribution in [-0.4, -0.2) is 25.2 Å². The van der Waals surface area contributed by atoms with Crippen molar-refractivity contribution in [1.82, 2.24) is 4.31 Å². The second kappa shape index (κ2) is 4.18. The van der Waals surface area contributed by atoms with Gasteiger partial charge in [0.15, 0.2) is 0 Å². The number of nitrogens with zero attached hydrogens (tertiary/aromatic N) is 1. The van der Waals surface area contributed by atoms with Crippen molar-refractivity contribution in [2.75, 3.05) is 6.54 Å². The third-order valence-electron chi connectivity index (χ3n) is 2.43. The molecular formula is C10H10BrNO3S. The molecule has 0 bridgehead atoms. The molecule has 1 aromatic carbocycles. The van der Waals surface area contributed by atoms with E-state index in [1.807, 2.05) is 0 Å². The first-order valence-electron chi connectivity index (χ1n) is 4.83. The molecule has 6 heteroatoms. The Kier molecular flexibility index (Phi) is 3.03. The maximum Gasteiger partial charge on any atom is 0.267 e. The molecule has 0 N–H and O–H groups in total. The van der Waals surface area contributed by atoms with E-state index < -0.39 is 10.0 Å². The second-order valence-corrected chi connectivity index (χ2v) is 6.19. The smallest absolute Gasteiger partial charge is 0.267 e. The molecule has 1 aliphatic rings. The van der Waals surface area contributed by atoms with Gasteiger partial charge in [0.05, 0.1) is 0 Å². The summed E-state index contributed by atoms with van der Waals surface area (Å²) >= 11 is 3.18. The van der Waals surface area contributed by atoms with E-state index >= 15 is 0 Å². The minimum atomic E-state index is -3.68. The molecule has 16 heavy (non-hydrogen) atoms. The topological polar surface area (TPSA) is 54.5 Å². The predicted octanol–water partition coefficient (Wildman–Crippen LogP) is 1.76. The highest BCUT2D eigenvalue weighted by Crippen LogP contribution is 2.27. The van der Waals surface area contributed by atoms with Gasteiger partial charge in [-0.25, -0.2) is 12.7 Å². The predicted molar refractivity (Wildman–Crippen MR) is 62.3 cm³/mol. The Bertz CT molecular complexity index is 527. The number of hydrogen-bond donors (Lipinski definition) is 0. The molecule has 1 aromatic rings. The van der Waals surface area contributed by atoms with Gasteiger partial charge in [-0.2, -0.15) is 0 Å². The molecule has 1 heterocycles. The molecule has 4 nitrogen and oxygen atoms in total. The summed E-state index contributed by atoms with van der Waals surface area (Å²) < 4.78 is 25.7. The molecule has 0 spiro atoms. The monoisotopic (exact) mass is 303 g/mol. The summed E-state index contributed by atoms with van der Waals surface area (Å²) in [6.07, 6.45) is 0.909. The summed E-state index contributed by atoms with van der Waals surface area (Å²) in [5.74, 6) is -0.323. The Morgan fingerprint density at radius 1 is 1.25 bits per heavy atom. The van der Waals surface area contributed by atoms with Crippen molar-refractivity contribution in [1.29, 1.82) is 0 Å². The third kappa shape index (κ3) is 1.87. The summed E-state index contributed by atoms with van der Waals surface area (Å²) in [6, 6.07) is 6.51. The quantitative estimate of drug-likeness (QED) is 0.836. The Balaban J connectivity index is 2.47. The van der Waals surface area contributed by atoms with Gasteiger partial charge in [-0.15, -0.1) is 0 Å². The normalized spacial score (nSPS) is 16.8. The number of benzene rings is 1. The summed E-state index contributed by atoms with van der Waals surface area (Å²) in [5, 5.41) is 0. The van der Waals surface area contributed by atoms with E-state index in [9.17, 15) is 13.2 Å². The SMILES string of the molecule is O=C1CCCN1S(=O)(=O)c1ccccc1Br. The summed E-state index contributed by atoms with van der Waals surface area (Å²) in [6.45, 7) is 0.280. The van der Waals surface area contributed by atoms with Crippen LogP contribution < -0.4 is 0 Å². The number of halogens is 1.